The number of nitro benzene ring substituents is 1. The second kappa shape index (κ2) is 7.43. The molecule has 1 aromatic carbocycles. The number of hydrogen-bond donors (Lipinski definition) is 1. The monoisotopic (exact) mass is 349 g/mol. The SMILES string of the molecule is COc1ccc([N+](=O)[O-])cc1C(=O)O[C@@H](C)C(=O)Nc1cc(C)on1. The van der Waals surface area contributed by atoms with Gasteiger partial charge in [0.2, 0.25) is 0 Å². The fraction of sp³-hybridized carbons (Fsp3) is 0.267. The van der Waals surface area contributed by atoms with Crippen LogP contribution in [-0.4, -0.2) is 35.2 Å². The number of nitro groups is 1. The highest BCUT2D eigenvalue weighted by Gasteiger charge is 2.24. The summed E-state index contributed by atoms with van der Waals surface area (Å²) in [6.07, 6.45) is -1.17. The van der Waals surface area contributed by atoms with Gasteiger partial charge in [-0.2, -0.15) is 0 Å². The number of non-ortho nitro benzene ring substituents is 1. The molecule has 0 saturated carbocycles. The van der Waals surface area contributed by atoms with Crippen LogP contribution in [-0.2, 0) is 9.53 Å². The maximum atomic E-state index is 12.2. The zero-order chi connectivity index (χ0) is 18.6. The number of amides is 1. The van der Waals surface area contributed by atoms with Crippen molar-refractivity contribution in [1.29, 1.82) is 0 Å². The summed E-state index contributed by atoms with van der Waals surface area (Å²) >= 11 is 0. The van der Waals surface area contributed by atoms with E-state index in [0.29, 0.717) is 5.76 Å². The smallest absolute Gasteiger partial charge is 0.342 e. The molecule has 1 atom stereocenters. The summed E-state index contributed by atoms with van der Waals surface area (Å²) in [4.78, 5) is 34.4. The lowest BCUT2D eigenvalue weighted by Crippen LogP contribution is -2.30. The van der Waals surface area contributed by atoms with Crippen molar-refractivity contribution in [2.45, 2.75) is 20.0 Å². The number of esters is 1. The number of carbonyl (C=O) groups excluding carboxylic acids is 2. The number of rotatable bonds is 6. The van der Waals surface area contributed by atoms with E-state index in [2.05, 4.69) is 10.5 Å². The minimum absolute atomic E-state index is 0.0929. The number of ether oxygens (including phenoxy) is 2. The summed E-state index contributed by atoms with van der Waals surface area (Å²) in [6, 6.07) is 4.99. The molecule has 0 bridgehead atoms. The lowest BCUT2D eigenvalue weighted by molar-refractivity contribution is -0.384. The Hall–Kier alpha value is -3.43. The predicted octanol–water partition coefficient (Wildman–Crippen LogP) is 2.08. The van der Waals surface area contributed by atoms with E-state index in [4.69, 9.17) is 14.0 Å². The van der Waals surface area contributed by atoms with Crippen LogP contribution in [0.15, 0.2) is 28.8 Å². The van der Waals surface area contributed by atoms with Crippen molar-refractivity contribution in [1.82, 2.24) is 5.16 Å². The summed E-state index contributed by atoms with van der Waals surface area (Å²) in [7, 11) is 1.31. The average Bonchev–Trinajstić information content (AvgIpc) is 2.98. The Balaban J connectivity index is 2.11. The third-order valence-corrected chi connectivity index (χ3v) is 3.15. The third kappa shape index (κ3) is 4.31. The number of hydrogen-bond acceptors (Lipinski definition) is 8. The summed E-state index contributed by atoms with van der Waals surface area (Å²) < 4.78 is 14.8. The first kappa shape index (κ1) is 17.9. The van der Waals surface area contributed by atoms with Crippen LogP contribution in [0.25, 0.3) is 0 Å². The molecular formula is C15H15N3O7. The molecule has 0 aliphatic heterocycles. The van der Waals surface area contributed by atoms with Crippen LogP contribution in [0.2, 0.25) is 0 Å². The molecule has 1 N–H and O–H groups in total. The van der Waals surface area contributed by atoms with Crippen LogP contribution < -0.4 is 10.1 Å². The Kier molecular flexibility index (Phi) is 5.32. The van der Waals surface area contributed by atoms with Crippen molar-refractivity contribution in [3.63, 3.8) is 0 Å². The van der Waals surface area contributed by atoms with Gasteiger partial charge in [0.05, 0.1) is 12.0 Å². The normalized spacial score (nSPS) is 11.5. The summed E-state index contributed by atoms with van der Waals surface area (Å²) in [5, 5.41) is 16.9. The highest BCUT2D eigenvalue weighted by atomic mass is 16.6. The number of anilines is 1. The van der Waals surface area contributed by atoms with Gasteiger partial charge in [-0.25, -0.2) is 4.79 Å². The van der Waals surface area contributed by atoms with E-state index in [1.165, 1.54) is 32.2 Å². The number of aromatic nitrogens is 1. The van der Waals surface area contributed by atoms with E-state index in [1.807, 2.05) is 0 Å². The van der Waals surface area contributed by atoms with Crippen molar-refractivity contribution in [2.75, 3.05) is 12.4 Å². The van der Waals surface area contributed by atoms with Crippen molar-refractivity contribution < 1.29 is 28.5 Å². The first-order chi connectivity index (χ1) is 11.8. The largest absolute Gasteiger partial charge is 0.496 e. The molecular weight excluding hydrogens is 334 g/mol. The second-order valence-corrected chi connectivity index (χ2v) is 5.00. The average molecular weight is 349 g/mol. The molecule has 1 amide bonds. The van der Waals surface area contributed by atoms with Crippen LogP contribution in [0.5, 0.6) is 5.75 Å². The maximum absolute atomic E-state index is 12.2. The minimum Gasteiger partial charge on any atom is -0.496 e. The summed E-state index contributed by atoms with van der Waals surface area (Å²) in [5.74, 6) is -0.791. The number of nitrogens with zero attached hydrogens (tertiary/aromatic N) is 2. The first-order valence-electron chi connectivity index (χ1n) is 7.09. The van der Waals surface area contributed by atoms with Crippen LogP contribution in [0.3, 0.4) is 0 Å². The molecule has 0 aliphatic rings. The molecule has 10 heteroatoms. The van der Waals surface area contributed by atoms with Gasteiger partial charge in [0.15, 0.2) is 11.9 Å². The van der Waals surface area contributed by atoms with Crippen molar-refractivity contribution in [3.05, 3.63) is 45.7 Å². The molecule has 1 aromatic heterocycles. The van der Waals surface area contributed by atoms with E-state index < -0.39 is 22.9 Å². The third-order valence-electron chi connectivity index (χ3n) is 3.15. The van der Waals surface area contributed by atoms with Gasteiger partial charge in [-0.15, -0.1) is 0 Å². The van der Waals surface area contributed by atoms with E-state index >= 15 is 0 Å². The number of carbonyl (C=O) groups is 2. The molecule has 2 rings (SSSR count). The number of nitrogens with one attached hydrogen (secondary N) is 1. The standard InChI is InChI=1S/C15H15N3O7/c1-8-6-13(17-25-8)16-14(19)9(2)24-15(20)11-7-10(18(21)22)4-5-12(11)23-3/h4-7,9H,1-3H3,(H,16,17,19)/t9-/m0/s1. The number of methoxy groups -OCH3 is 1. The predicted molar refractivity (Wildman–Crippen MR) is 84.4 cm³/mol. The lowest BCUT2D eigenvalue weighted by Gasteiger charge is -2.13. The summed E-state index contributed by atoms with van der Waals surface area (Å²) in [5.41, 5.74) is -0.462. The van der Waals surface area contributed by atoms with Gasteiger partial charge < -0.3 is 19.3 Å². The second-order valence-electron chi connectivity index (χ2n) is 5.00. The van der Waals surface area contributed by atoms with E-state index in [-0.39, 0.29) is 22.8 Å². The number of aryl methyl sites for hydroxylation is 1. The van der Waals surface area contributed by atoms with E-state index in [9.17, 15) is 19.7 Å². The quantitative estimate of drug-likeness (QED) is 0.476. The van der Waals surface area contributed by atoms with Crippen LogP contribution in [0, 0.1) is 17.0 Å². The molecule has 0 saturated heterocycles. The molecule has 0 aliphatic carbocycles. The molecule has 0 spiro atoms. The highest BCUT2D eigenvalue weighted by Crippen LogP contribution is 2.25. The molecule has 25 heavy (non-hydrogen) atoms. The molecule has 2 aromatic rings. The van der Waals surface area contributed by atoms with E-state index in [1.54, 1.807) is 6.92 Å². The Morgan fingerprint density at radius 1 is 1.36 bits per heavy atom. The van der Waals surface area contributed by atoms with Gasteiger partial charge in [0, 0.05) is 18.2 Å². The lowest BCUT2D eigenvalue weighted by atomic mass is 10.1. The van der Waals surface area contributed by atoms with Gasteiger partial charge >= 0.3 is 5.97 Å². The van der Waals surface area contributed by atoms with E-state index in [0.717, 1.165) is 6.07 Å². The van der Waals surface area contributed by atoms with Gasteiger partial charge in [0.1, 0.15) is 17.1 Å². The Bertz CT molecular complexity index is 815. The van der Waals surface area contributed by atoms with Crippen molar-refractivity contribution in [2.24, 2.45) is 0 Å². The first-order valence-corrected chi connectivity index (χ1v) is 7.09. The maximum Gasteiger partial charge on any atom is 0.342 e. The fourth-order valence-electron chi connectivity index (χ4n) is 1.90. The Morgan fingerprint density at radius 2 is 2.08 bits per heavy atom. The van der Waals surface area contributed by atoms with Crippen LogP contribution in [0.4, 0.5) is 11.5 Å². The zero-order valence-electron chi connectivity index (χ0n) is 13.6. The summed E-state index contributed by atoms with van der Waals surface area (Å²) in [6.45, 7) is 3.00. The number of benzene rings is 1. The molecule has 0 radical (unpaired) electrons. The highest BCUT2D eigenvalue weighted by molar-refractivity contribution is 5.98. The van der Waals surface area contributed by atoms with Gasteiger partial charge in [0.25, 0.3) is 11.6 Å². The molecule has 132 valence electrons. The van der Waals surface area contributed by atoms with Gasteiger partial charge in [-0.1, -0.05) is 5.16 Å². The van der Waals surface area contributed by atoms with Crippen LogP contribution in [0.1, 0.15) is 23.0 Å². The molecule has 10 nitrogen and oxygen atoms in total. The molecule has 1 heterocycles. The Morgan fingerprint density at radius 3 is 2.64 bits per heavy atom. The minimum atomic E-state index is -1.17. The van der Waals surface area contributed by atoms with Gasteiger partial charge in [-0.05, 0) is 19.9 Å². The molecule has 0 unspecified atom stereocenters. The van der Waals surface area contributed by atoms with Crippen molar-refractivity contribution in [3.8, 4) is 5.75 Å². The van der Waals surface area contributed by atoms with Gasteiger partial charge in [-0.3, -0.25) is 14.9 Å². The molecule has 0 fully saturated rings. The zero-order valence-corrected chi connectivity index (χ0v) is 13.6. The van der Waals surface area contributed by atoms with Crippen molar-refractivity contribution >= 4 is 23.4 Å². The fourth-order valence-corrected chi connectivity index (χ4v) is 1.90. The van der Waals surface area contributed by atoms with Crippen LogP contribution >= 0.6 is 0 Å². The topological polar surface area (TPSA) is 134 Å². The Labute approximate surface area is 141 Å².